The van der Waals surface area contributed by atoms with Crippen LogP contribution >= 0.6 is 0 Å². The van der Waals surface area contributed by atoms with Crippen molar-refractivity contribution < 1.29 is 12.9 Å². The average Bonchev–Trinajstić information content (AvgIpc) is 3.27. The van der Waals surface area contributed by atoms with Crippen LogP contribution in [0.25, 0.3) is 11.5 Å². The standard InChI is InChI=1S/C18H22N6O3S/c1-22-13-17(19-14-22)28(25,26)24-9-5-8-23(10-11-24)12-16-20-18(27-21-16)15-6-3-2-4-7-15/h2-4,6-7,13-14H,5,8-12H2,1H3. The molecule has 3 heterocycles. The van der Waals surface area contributed by atoms with Crippen LogP contribution in [0.2, 0.25) is 0 Å². The van der Waals surface area contributed by atoms with Crippen LogP contribution in [-0.2, 0) is 23.6 Å². The largest absolute Gasteiger partial charge is 0.339 e. The molecule has 0 aliphatic carbocycles. The fourth-order valence-electron chi connectivity index (χ4n) is 3.22. The summed E-state index contributed by atoms with van der Waals surface area (Å²) in [5.74, 6) is 1.09. The van der Waals surface area contributed by atoms with Crippen molar-refractivity contribution >= 4 is 10.0 Å². The molecule has 1 aromatic carbocycles. The highest BCUT2D eigenvalue weighted by molar-refractivity contribution is 7.89. The zero-order valence-corrected chi connectivity index (χ0v) is 16.4. The Balaban J connectivity index is 1.40. The van der Waals surface area contributed by atoms with Gasteiger partial charge in [0.05, 0.1) is 12.9 Å². The molecule has 1 saturated heterocycles. The molecule has 10 heteroatoms. The van der Waals surface area contributed by atoms with Gasteiger partial charge in [-0.2, -0.15) is 9.29 Å². The molecule has 1 aliphatic rings. The number of hydrogen-bond acceptors (Lipinski definition) is 7. The first-order valence-electron chi connectivity index (χ1n) is 9.11. The van der Waals surface area contributed by atoms with Gasteiger partial charge in [-0.3, -0.25) is 4.90 Å². The van der Waals surface area contributed by atoms with Crippen LogP contribution in [-0.4, -0.2) is 63.5 Å². The third-order valence-electron chi connectivity index (χ3n) is 4.69. The van der Waals surface area contributed by atoms with E-state index in [-0.39, 0.29) is 5.03 Å². The maximum absolute atomic E-state index is 12.8. The van der Waals surface area contributed by atoms with Crippen molar-refractivity contribution in [1.82, 2.24) is 28.9 Å². The number of aromatic nitrogens is 4. The van der Waals surface area contributed by atoms with E-state index in [1.807, 2.05) is 30.3 Å². The maximum atomic E-state index is 12.8. The molecule has 148 valence electrons. The van der Waals surface area contributed by atoms with E-state index in [0.29, 0.717) is 37.9 Å². The topological polar surface area (TPSA) is 97.4 Å². The Morgan fingerprint density at radius 3 is 2.68 bits per heavy atom. The van der Waals surface area contributed by atoms with Gasteiger partial charge < -0.3 is 9.09 Å². The van der Waals surface area contributed by atoms with E-state index >= 15 is 0 Å². The minimum atomic E-state index is -3.57. The SMILES string of the molecule is Cn1cnc(S(=O)(=O)N2CCCN(Cc3noc(-c4ccccc4)n3)CC2)c1. The van der Waals surface area contributed by atoms with Gasteiger partial charge in [0.25, 0.3) is 15.9 Å². The maximum Gasteiger partial charge on any atom is 0.262 e. The second-order valence-corrected chi connectivity index (χ2v) is 8.68. The number of hydrogen-bond donors (Lipinski definition) is 0. The van der Waals surface area contributed by atoms with Crippen LogP contribution in [0, 0.1) is 0 Å². The number of rotatable bonds is 5. The molecule has 1 aliphatic heterocycles. The van der Waals surface area contributed by atoms with E-state index in [1.165, 1.54) is 16.8 Å². The number of benzene rings is 1. The number of aryl methyl sites for hydroxylation is 1. The Morgan fingerprint density at radius 1 is 1.11 bits per heavy atom. The summed E-state index contributed by atoms with van der Waals surface area (Å²) < 4.78 is 34.0. The minimum Gasteiger partial charge on any atom is -0.339 e. The molecule has 0 saturated carbocycles. The predicted octanol–water partition coefficient (Wildman–Crippen LogP) is 1.37. The van der Waals surface area contributed by atoms with Crippen molar-refractivity contribution in [2.45, 2.75) is 18.0 Å². The third kappa shape index (κ3) is 3.98. The molecule has 28 heavy (non-hydrogen) atoms. The second-order valence-electron chi connectivity index (χ2n) is 6.79. The molecule has 1 fully saturated rings. The van der Waals surface area contributed by atoms with Crippen LogP contribution in [0.3, 0.4) is 0 Å². The molecule has 0 N–H and O–H groups in total. The van der Waals surface area contributed by atoms with Crippen molar-refractivity contribution in [1.29, 1.82) is 0 Å². The lowest BCUT2D eigenvalue weighted by atomic mass is 10.2. The minimum absolute atomic E-state index is 0.0918. The first-order valence-corrected chi connectivity index (χ1v) is 10.5. The molecule has 9 nitrogen and oxygen atoms in total. The van der Waals surface area contributed by atoms with Crippen molar-refractivity contribution in [2.24, 2.45) is 7.05 Å². The van der Waals surface area contributed by atoms with Crippen molar-refractivity contribution in [3.8, 4) is 11.5 Å². The summed E-state index contributed by atoms with van der Waals surface area (Å²) in [6.07, 6.45) is 3.76. The third-order valence-corrected chi connectivity index (χ3v) is 6.47. The van der Waals surface area contributed by atoms with Gasteiger partial charge in [-0.15, -0.1) is 0 Å². The molecule has 0 unspecified atom stereocenters. The molecule has 4 rings (SSSR count). The molecule has 3 aromatic rings. The Hall–Kier alpha value is -2.56. The normalized spacial score (nSPS) is 16.9. The van der Waals surface area contributed by atoms with Gasteiger partial charge in [0.15, 0.2) is 10.9 Å². The Kier molecular flexibility index (Phi) is 5.25. The molecule has 0 amide bonds. The van der Waals surface area contributed by atoms with Gasteiger partial charge in [-0.1, -0.05) is 23.4 Å². The summed E-state index contributed by atoms with van der Waals surface area (Å²) in [5.41, 5.74) is 0.879. The fraction of sp³-hybridized carbons (Fsp3) is 0.389. The molecule has 0 bridgehead atoms. The monoisotopic (exact) mass is 402 g/mol. The lowest BCUT2D eigenvalue weighted by molar-refractivity contribution is 0.266. The van der Waals surface area contributed by atoms with E-state index in [0.717, 1.165) is 18.5 Å². The lowest BCUT2D eigenvalue weighted by Gasteiger charge is -2.19. The highest BCUT2D eigenvalue weighted by atomic mass is 32.2. The summed E-state index contributed by atoms with van der Waals surface area (Å²) in [6.45, 7) is 2.76. The molecule has 0 radical (unpaired) electrons. The number of sulfonamides is 1. The van der Waals surface area contributed by atoms with Gasteiger partial charge in [0.1, 0.15) is 0 Å². The zero-order chi connectivity index (χ0) is 19.6. The van der Waals surface area contributed by atoms with Crippen LogP contribution < -0.4 is 0 Å². The number of nitrogens with zero attached hydrogens (tertiary/aromatic N) is 6. The van der Waals surface area contributed by atoms with Gasteiger partial charge >= 0.3 is 0 Å². The summed E-state index contributed by atoms with van der Waals surface area (Å²) in [6, 6.07) is 9.62. The summed E-state index contributed by atoms with van der Waals surface area (Å²) >= 11 is 0. The highest BCUT2D eigenvalue weighted by Crippen LogP contribution is 2.19. The first-order chi connectivity index (χ1) is 13.5. The lowest BCUT2D eigenvalue weighted by Crippen LogP contribution is -2.35. The van der Waals surface area contributed by atoms with E-state index in [1.54, 1.807) is 11.6 Å². The van der Waals surface area contributed by atoms with Crippen molar-refractivity contribution in [3.05, 3.63) is 48.7 Å². The fourth-order valence-corrected chi connectivity index (χ4v) is 4.65. The van der Waals surface area contributed by atoms with Gasteiger partial charge in [-0.25, -0.2) is 13.4 Å². The number of imidazole rings is 1. The summed E-state index contributed by atoms with van der Waals surface area (Å²) in [7, 11) is -1.81. The van der Waals surface area contributed by atoms with E-state index < -0.39 is 10.0 Å². The zero-order valence-electron chi connectivity index (χ0n) is 15.6. The predicted molar refractivity (Wildman–Crippen MR) is 102 cm³/mol. The summed E-state index contributed by atoms with van der Waals surface area (Å²) in [4.78, 5) is 10.6. The first kappa shape index (κ1) is 18.8. The highest BCUT2D eigenvalue weighted by Gasteiger charge is 2.29. The van der Waals surface area contributed by atoms with E-state index in [2.05, 4.69) is 20.0 Å². The van der Waals surface area contributed by atoms with Crippen LogP contribution in [0.5, 0.6) is 0 Å². The van der Waals surface area contributed by atoms with Crippen LogP contribution in [0.1, 0.15) is 12.2 Å². The molecular weight excluding hydrogens is 380 g/mol. The van der Waals surface area contributed by atoms with Gasteiger partial charge in [-0.05, 0) is 25.1 Å². The van der Waals surface area contributed by atoms with Crippen LogP contribution in [0.4, 0.5) is 0 Å². The smallest absolute Gasteiger partial charge is 0.262 e. The Bertz CT molecular complexity index is 1030. The Labute approximate surface area is 163 Å². The van der Waals surface area contributed by atoms with Gasteiger partial charge in [0.2, 0.25) is 0 Å². The summed E-state index contributed by atoms with van der Waals surface area (Å²) in [5, 5.41) is 4.15. The second kappa shape index (κ2) is 7.82. The molecule has 0 atom stereocenters. The quantitative estimate of drug-likeness (QED) is 0.636. The van der Waals surface area contributed by atoms with E-state index in [9.17, 15) is 8.42 Å². The molecular formula is C18H22N6O3S. The van der Waals surface area contributed by atoms with Crippen molar-refractivity contribution in [2.75, 3.05) is 26.2 Å². The van der Waals surface area contributed by atoms with E-state index in [4.69, 9.17) is 4.52 Å². The van der Waals surface area contributed by atoms with Gasteiger partial charge in [0, 0.05) is 38.4 Å². The molecule has 0 spiro atoms. The average molecular weight is 402 g/mol. The van der Waals surface area contributed by atoms with Crippen molar-refractivity contribution in [3.63, 3.8) is 0 Å². The van der Waals surface area contributed by atoms with Crippen LogP contribution in [0.15, 0.2) is 52.4 Å². The molecule has 2 aromatic heterocycles. The Morgan fingerprint density at radius 2 is 1.93 bits per heavy atom.